The number of piperidine rings is 1. The number of hydrogen-bond donors (Lipinski definition) is 1. The highest BCUT2D eigenvalue weighted by Gasteiger charge is 2.15. The Labute approximate surface area is 94.7 Å². The lowest BCUT2D eigenvalue weighted by atomic mass is 9.98. The van der Waals surface area contributed by atoms with Crippen molar-refractivity contribution in [2.24, 2.45) is 5.92 Å². The van der Waals surface area contributed by atoms with Crippen LogP contribution in [0.15, 0.2) is 24.3 Å². The predicted octanol–water partition coefficient (Wildman–Crippen LogP) is 2.28. The second kappa shape index (κ2) is 5.11. The molecule has 1 heterocycles. The highest BCUT2D eigenvalue weighted by molar-refractivity contribution is 5.35. The van der Waals surface area contributed by atoms with Crippen LogP contribution in [0.2, 0.25) is 0 Å². The number of benzene rings is 1. The van der Waals surface area contributed by atoms with Gasteiger partial charge in [-0.05, 0) is 25.0 Å². The van der Waals surface area contributed by atoms with Crippen molar-refractivity contribution < 1.29 is 9.60 Å². The minimum Gasteiger partial charge on any atom is -0.314 e. The van der Waals surface area contributed by atoms with Crippen LogP contribution in [0.4, 0.5) is 4.39 Å². The van der Waals surface area contributed by atoms with Gasteiger partial charge in [0.15, 0.2) is 0 Å². The van der Waals surface area contributed by atoms with Crippen LogP contribution in [-0.4, -0.2) is 23.4 Å². The molecule has 0 aliphatic carbocycles. The van der Waals surface area contributed by atoms with Crippen molar-refractivity contribution in [3.63, 3.8) is 0 Å². The second-order valence-corrected chi connectivity index (χ2v) is 3.98. The first-order chi connectivity index (χ1) is 7.75. The van der Waals surface area contributed by atoms with Crippen LogP contribution in [0.5, 0.6) is 0 Å². The van der Waals surface area contributed by atoms with Crippen molar-refractivity contribution in [2.75, 3.05) is 13.1 Å². The van der Waals surface area contributed by atoms with E-state index >= 15 is 0 Å². The average Bonchev–Trinajstić information content (AvgIpc) is 2.30. The van der Waals surface area contributed by atoms with Crippen LogP contribution < -0.4 is 0 Å². The molecular weight excluding hydrogens is 205 g/mol. The lowest BCUT2D eigenvalue weighted by Crippen LogP contribution is -2.30. The number of hydrogen-bond acceptors (Lipinski definition) is 2. The van der Waals surface area contributed by atoms with E-state index in [1.165, 1.54) is 11.1 Å². The molecule has 0 unspecified atom stereocenters. The summed E-state index contributed by atoms with van der Waals surface area (Å²) < 4.78 is 13.3. The first-order valence-corrected chi connectivity index (χ1v) is 5.45. The van der Waals surface area contributed by atoms with Crippen LogP contribution in [0, 0.1) is 23.6 Å². The molecular formula is C13H14FNO. The normalized spacial score (nSPS) is 17.9. The Morgan fingerprint density at radius 1 is 1.25 bits per heavy atom. The molecule has 3 heteroatoms. The van der Waals surface area contributed by atoms with Crippen LogP contribution in [0.3, 0.4) is 0 Å². The molecule has 0 spiro atoms. The molecule has 2 rings (SSSR count). The average molecular weight is 219 g/mol. The molecule has 0 aromatic heterocycles. The maximum Gasteiger partial charge on any atom is 0.138 e. The standard InChI is InChI=1S/C13H14FNO/c14-13-4-2-1-3-12(13)6-5-11-7-9-15(16)10-8-11/h1-4,11,16H,7-10H2. The van der Waals surface area contributed by atoms with Gasteiger partial charge in [-0.15, -0.1) is 0 Å². The maximum absolute atomic E-state index is 13.3. The van der Waals surface area contributed by atoms with E-state index in [1.807, 2.05) is 0 Å². The second-order valence-electron chi connectivity index (χ2n) is 3.98. The lowest BCUT2D eigenvalue weighted by Gasteiger charge is -2.23. The van der Waals surface area contributed by atoms with Crippen molar-refractivity contribution in [3.8, 4) is 11.8 Å². The van der Waals surface area contributed by atoms with Gasteiger partial charge in [0.1, 0.15) is 5.82 Å². The molecule has 0 amide bonds. The van der Waals surface area contributed by atoms with E-state index in [4.69, 9.17) is 0 Å². The molecule has 1 aromatic carbocycles. The molecule has 1 saturated heterocycles. The SMILES string of the molecule is ON1CCC(C#Cc2ccccc2F)CC1. The Bertz CT molecular complexity index is 413. The Kier molecular flexibility index (Phi) is 3.55. The smallest absolute Gasteiger partial charge is 0.138 e. The Morgan fingerprint density at radius 3 is 2.62 bits per heavy atom. The highest BCUT2D eigenvalue weighted by Crippen LogP contribution is 2.15. The summed E-state index contributed by atoms with van der Waals surface area (Å²) in [5.74, 6) is 5.94. The quantitative estimate of drug-likeness (QED) is 0.677. The third kappa shape index (κ3) is 2.82. The monoisotopic (exact) mass is 219 g/mol. The summed E-state index contributed by atoms with van der Waals surface area (Å²) in [7, 11) is 0. The van der Waals surface area contributed by atoms with Crippen molar-refractivity contribution >= 4 is 0 Å². The molecule has 1 aliphatic rings. The molecule has 16 heavy (non-hydrogen) atoms. The van der Waals surface area contributed by atoms with Crippen molar-refractivity contribution in [3.05, 3.63) is 35.6 Å². The van der Waals surface area contributed by atoms with E-state index in [-0.39, 0.29) is 11.7 Å². The zero-order chi connectivity index (χ0) is 11.4. The molecule has 0 bridgehead atoms. The number of nitrogens with zero attached hydrogens (tertiary/aromatic N) is 1. The first kappa shape index (κ1) is 11.1. The Balaban J connectivity index is 2.02. The van der Waals surface area contributed by atoms with E-state index in [0.717, 1.165) is 12.8 Å². The van der Waals surface area contributed by atoms with Gasteiger partial charge in [-0.2, -0.15) is 5.06 Å². The van der Waals surface area contributed by atoms with E-state index in [0.29, 0.717) is 18.7 Å². The topological polar surface area (TPSA) is 23.5 Å². The number of halogens is 1. The maximum atomic E-state index is 13.3. The zero-order valence-corrected chi connectivity index (χ0v) is 8.99. The summed E-state index contributed by atoms with van der Waals surface area (Å²) in [6, 6.07) is 6.54. The molecule has 1 N–H and O–H groups in total. The van der Waals surface area contributed by atoms with Gasteiger partial charge < -0.3 is 5.21 Å². The minimum atomic E-state index is -0.269. The molecule has 1 aliphatic heterocycles. The molecule has 1 fully saturated rings. The third-order valence-electron chi connectivity index (χ3n) is 2.76. The van der Waals surface area contributed by atoms with Crippen LogP contribution in [0.25, 0.3) is 0 Å². The lowest BCUT2D eigenvalue weighted by molar-refractivity contribution is -0.108. The van der Waals surface area contributed by atoms with Crippen molar-refractivity contribution in [1.82, 2.24) is 5.06 Å². The van der Waals surface area contributed by atoms with E-state index in [2.05, 4.69) is 11.8 Å². The molecule has 0 atom stereocenters. The van der Waals surface area contributed by atoms with Gasteiger partial charge in [0.05, 0.1) is 5.56 Å². The van der Waals surface area contributed by atoms with Gasteiger partial charge in [0, 0.05) is 19.0 Å². The summed E-state index contributed by atoms with van der Waals surface area (Å²) in [5, 5.41) is 10.5. The fourth-order valence-corrected chi connectivity index (χ4v) is 1.75. The number of hydroxylamine groups is 2. The van der Waals surface area contributed by atoms with Gasteiger partial charge in [-0.25, -0.2) is 4.39 Å². The van der Waals surface area contributed by atoms with Gasteiger partial charge in [-0.3, -0.25) is 0 Å². The van der Waals surface area contributed by atoms with E-state index in [9.17, 15) is 9.60 Å². The molecule has 84 valence electrons. The van der Waals surface area contributed by atoms with Gasteiger partial charge in [0.25, 0.3) is 0 Å². The molecule has 0 saturated carbocycles. The Morgan fingerprint density at radius 2 is 1.94 bits per heavy atom. The Hall–Kier alpha value is -1.37. The summed E-state index contributed by atoms with van der Waals surface area (Å²) in [4.78, 5) is 0. The van der Waals surface area contributed by atoms with Crippen LogP contribution >= 0.6 is 0 Å². The minimum absolute atomic E-state index is 0.267. The predicted molar refractivity (Wildman–Crippen MR) is 59.4 cm³/mol. The van der Waals surface area contributed by atoms with Gasteiger partial charge in [0.2, 0.25) is 0 Å². The summed E-state index contributed by atoms with van der Waals surface area (Å²) in [5.41, 5.74) is 0.453. The molecule has 0 radical (unpaired) electrons. The van der Waals surface area contributed by atoms with E-state index < -0.39 is 0 Å². The van der Waals surface area contributed by atoms with Gasteiger partial charge in [-0.1, -0.05) is 24.0 Å². The fraction of sp³-hybridized carbons (Fsp3) is 0.385. The van der Waals surface area contributed by atoms with Crippen molar-refractivity contribution in [2.45, 2.75) is 12.8 Å². The highest BCUT2D eigenvalue weighted by atomic mass is 19.1. The van der Waals surface area contributed by atoms with Crippen LogP contribution in [0.1, 0.15) is 18.4 Å². The summed E-state index contributed by atoms with van der Waals surface area (Å²) >= 11 is 0. The largest absolute Gasteiger partial charge is 0.314 e. The third-order valence-corrected chi connectivity index (χ3v) is 2.76. The molecule has 1 aromatic rings. The fourth-order valence-electron chi connectivity index (χ4n) is 1.75. The van der Waals surface area contributed by atoms with Crippen molar-refractivity contribution in [1.29, 1.82) is 0 Å². The van der Waals surface area contributed by atoms with E-state index in [1.54, 1.807) is 18.2 Å². The van der Waals surface area contributed by atoms with Crippen LogP contribution in [-0.2, 0) is 0 Å². The molecule has 2 nitrogen and oxygen atoms in total. The zero-order valence-electron chi connectivity index (χ0n) is 8.99. The number of rotatable bonds is 0. The summed E-state index contributed by atoms with van der Waals surface area (Å²) in [6.07, 6.45) is 1.69. The first-order valence-electron chi connectivity index (χ1n) is 5.45. The summed E-state index contributed by atoms with van der Waals surface area (Å²) in [6.45, 7) is 1.30. The van der Waals surface area contributed by atoms with Gasteiger partial charge >= 0.3 is 0 Å².